The number of sulfonamides is 1. The second kappa shape index (κ2) is 10.0. The number of hydrogen-bond donors (Lipinski definition) is 3. The van der Waals surface area contributed by atoms with Gasteiger partial charge in [0, 0.05) is 29.5 Å². The van der Waals surface area contributed by atoms with Crippen LogP contribution in [-0.4, -0.2) is 34.5 Å². The van der Waals surface area contributed by atoms with E-state index in [1.165, 1.54) is 45.4 Å². The standard InChI is InChI=1S/C23H23N3O6S/c1-15(27)24-18-6-4-5-16(13-18)23(28)25-19-9-12-21(32-3)22(14-19)33(29,30)26-17-7-10-20(31-2)11-8-17/h4-14,26H,1-3H3,(H,24,27)(H,25,28). The Morgan fingerprint density at radius 3 is 2.09 bits per heavy atom. The van der Waals surface area contributed by atoms with Crippen molar-refractivity contribution in [3.05, 3.63) is 72.3 Å². The zero-order valence-corrected chi connectivity index (χ0v) is 19.0. The minimum atomic E-state index is -4.03. The highest BCUT2D eigenvalue weighted by molar-refractivity contribution is 7.92. The molecule has 3 aromatic carbocycles. The van der Waals surface area contributed by atoms with Gasteiger partial charge in [0.15, 0.2) is 0 Å². The molecule has 0 atom stereocenters. The molecule has 33 heavy (non-hydrogen) atoms. The zero-order valence-electron chi connectivity index (χ0n) is 18.2. The lowest BCUT2D eigenvalue weighted by atomic mass is 10.2. The third kappa shape index (κ3) is 6.01. The van der Waals surface area contributed by atoms with Crippen LogP contribution in [-0.2, 0) is 14.8 Å². The molecule has 0 aromatic heterocycles. The van der Waals surface area contributed by atoms with E-state index in [4.69, 9.17) is 9.47 Å². The molecule has 0 heterocycles. The van der Waals surface area contributed by atoms with Crippen molar-refractivity contribution in [2.24, 2.45) is 0 Å². The first kappa shape index (κ1) is 23.6. The molecular formula is C23H23N3O6S. The minimum absolute atomic E-state index is 0.113. The Hall–Kier alpha value is -4.05. The number of methoxy groups -OCH3 is 2. The van der Waals surface area contributed by atoms with E-state index in [9.17, 15) is 18.0 Å². The van der Waals surface area contributed by atoms with Gasteiger partial charge in [-0.2, -0.15) is 0 Å². The Morgan fingerprint density at radius 1 is 0.788 bits per heavy atom. The SMILES string of the molecule is COc1ccc(NS(=O)(=O)c2cc(NC(=O)c3cccc(NC(C)=O)c3)ccc2OC)cc1. The summed E-state index contributed by atoms with van der Waals surface area (Å²) in [5.74, 6) is -0.0368. The van der Waals surface area contributed by atoms with Crippen LogP contribution in [0, 0.1) is 0 Å². The molecule has 0 aliphatic rings. The molecule has 0 bridgehead atoms. The van der Waals surface area contributed by atoms with Gasteiger partial charge in [-0.25, -0.2) is 8.42 Å². The first-order valence-corrected chi connectivity index (χ1v) is 11.2. The second-order valence-corrected chi connectivity index (χ2v) is 8.57. The maximum absolute atomic E-state index is 13.0. The van der Waals surface area contributed by atoms with Crippen molar-refractivity contribution in [1.82, 2.24) is 0 Å². The van der Waals surface area contributed by atoms with Crippen molar-refractivity contribution in [1.29, 1.82) is 0 Å². The van der Waals surface area contributed by atoms with Crippen LogP contribution in [0.3, 0.4) is 0 Å². The fourth-order valence-corrected chi connectivity index (χ4v) is 4.23. The number of carbonyl (C=O) groups excluding carboxylic acids is 2. The Kier molecular flexibility index (Phi) is 7.19. The number of rotatable bonds is 8. The zero-order chi connectivity index (χ0) is 24.0. The fraction of sp³-hybridized carbons (Fsp3) is 0.130. The monoisotopic (exact) mass is 469 g/mol. The van der Waals surface area contributed by atoms with E-state index < -0.39 is 15.9 Å². The number of anilines is 3. The molecule has 3 N–H and O–H groups in total. The topological polar surface area (TPSA) is 123 Å². The molecule has 0 spiro atoms. The molecule has 9 nitrogen and oxygen atoms in total. The average molecular weight is 470 g/mol. The predicted octanol–water partition coefficient (Wildman–Crippen LogP) is 3.72. The quantitative estimate of drug-likeness (QED) is 0.462. The van der Waals surface area contributed by atoms with Crippen molar-refractivity contribution in [3.63, 3.8) is 0 Å². The average Bonchev–Trinajstić information content (AvgIpc) is 2.79. The molecule has 2 amide bonds. The van der Waals surface area contributed by atoms with E-state index in [0.29, 0.717) is 17.1 Å². The van der Waals surface area contributed by atoms with Crippen LogP contribution in [0.5, 0.6) is 11.5 Å². The summed E-state index contributed by atoms with van der Waals surface area (Å²) in [6, 6.07) is 17.0. The molecule has 3 aromatic rings. The summed E-state index contributed by atoms with van der Waals surface area (Å²) in [5, 5.41) is 5.27. The number of benzene rings is 3. The number of hydrogen-bond acceptors (Lipinski definition) is 6. The van der Waals surface area contributed by atoms with E-state index in [-0.39, 0.29) is 27.8 Å². The number of carbonyl (C=O) groups is 2. The van der Waals surface area contributed by atoms with Crippen molar-refractivity contribution in [2.75, 3.05) is 29.6 Å². The molecule has 0 aliphatic heterocycles. The van der Waals surface area contributed by atoms with E-state index in [1.54, 1.807) is 42.5 Å². The van der Waals surface area contributed by atoms with Crippen LogP contribution < -0.4 is 24.8 Å². The molecular weight excluding hydrogens is 446 g/mol. The van der Waals surface area contributed by atoms with Gasteiger partial charge in [-0.3, -0.25) is 14.3 Å². The van der Waals surface area contributed by atoms with Crippen molar-refractivity contribution in [3.8, 4) is 11.5 Å². The molecule has 10 heteroatoms. The summed E-state index contributed by atoms with van der Waals surface area (Å²) in [6.07, 6.45) is 0. The number of nitrogens with one attached hydrogen (secondary N) is 3. The lowest BCUT2D eigenvalue weighted by Gasteiger charge is -2.14. The van der Waals surface area contributed by atoms with Gasteiger partial charge < -0.3 is 20.1 Å². The maximum Gasteiger partial charge on any atom is 0.265 e. The smallest absolute Gasteiger partial charge is 0.265 e. The maximum atomic E-state index is 13.0. The van der Waals surface area contributed by atoms with Gasteiger partial charge in [-0.15, -0.1) is 0 Å². The minimum Gasteiger partial charge on any atom is -0.497 e. The first-order valence-electron chi connectivity index (χ1n) is 9.76. The summed E-state index contributed by atoms with van der Waals surface area (Å²) < 4.78 is 38.8. The van der Waals surface area contributed by atoms with E-state index in [0.717, 1.165) is 0 Å². The van der Waals surface area contributed by atoms with Gasteiger partial charge in [0.05, 0.1) is 14.2 Å². The van der Waals surface area contributed by atoms with Crippen LogP contribution in [0.1, 0.15) is 17.3 Å². The van der Waals surface area contributed by atoms with Gasteiger partial charge in [0.2, 0.25) is 5.91 Å². The molecule has 3 rings (SSSR count). The normalized spacial score (nSPS) is 10.8. The van der Waals surface area contributed by atoms with Crippen LogP contribution in [0.25, 0.3) is 0 Å². The Labute approximate surface area is 191 Å². The van der Waals surface area contributed by atoms with Crippen molar-refractivity contribution in [2.45, 2.75) is 11.8 Å². The molecule has 172 valence electrons. The third-order valence-electron chi connectivity index (χ3n) is 4.50. The van der Waals surface area contributed by atoms with Crippen LogP contribution in [0.15, 0.2) is 71.6 Å². The summed E-state index contributed by atoms with van der Waals surface area (Å²) in [7, 11) is -1.16. The van der Waals surface area contributed by atoms with E-state index in [1.807, 2.05) is 0 Å². The summed E-state index contributed by atoms with van der Waals surface area (Å²) >= 11 is 0. The third-order valence-corrected chi connectivity index (χ3v) is 5.90. The molecule has 0 radical (unpaired) electrons. The van der Waals surface area contributed by atoms with Gasteiger partial charge in [0.1, 0.15) is 16.4 Å². The summed E-state index contributed by atoms with van der Waals surface area (Å²) in [6.45, 7) is 1.37. The second-order valence-electron chi connectivity index (χ2n) is 6.92. The van der Waals surface area contributed by atoms with Gasteiger partial charge in [-0.1, -0.05) is 6.07 Å². The molecule has 0 aliphatic carbocycles. The van der Waals surface area contributed by atoms with Crippen LogP contribution >= 0.6 is 0 Å². The largest absolute Gasteiger partial charge is 0.497 e. The lowest BCUT2D eigenvalue weighted by Crippen LogP contribution is -2.16. The molecule has 0 saturated carbocycles. The van der Waals surface area contributed by atoms with E-state index >= 15 is 0 Å². The van der Waals surface area contributed by atoms with Gasteiger partial charge in [0.25, 0.3) is 15.9 Å². The molecule has 0 saturated heterocycles. The lowest BCUT2D eigenvalue weighted by molar-refractivity contribution is -0.114. The summed E-state index contributed by atoms with van der Waals surface area (Å²) in [4.78, 5) is 23.8. The Morgan fingerprint density at radius 2 is 1.45 bits per heavy atom. The highest BCUT2D eigenvalue weighted by Crippen LogP contribution is 2.29. The van der Waals surface area contributed by atoms with E-state index in [2.05, 4.69) is 15.4 Å². The molecule has 0 fully saturated rings. The Balaban J connectivity index is 1.85. The van der Waals surface area contributed by atoms with Crippen LogP contribution in [0.2, 0.25) is 0 Å². The van der Waals surface area contributed by atoms with Gasteiger partial charge in [-0.05, 0) is 60.7 Å². The number of amides is 2. The number of ether oxygens (including phenoxy) is 2. The molecule has 0 unspecified atom stereocenters. The highest BCUT2D eigenvalue weighted by Gasteiger charge is 2.21. The first-order chi connectivity index (χ1) is 15.7. The van der Waals surface area contributed by atoms with Crippen molar-refractivity contribution < 1.29 is 27.5 Å². The predicted molar refractivity (Wildman–Crippen MR) is 125 cm³/mol. The Bertz CT molecular complexity index is 1270. The summed E-state index contributed by atoms with van der Waals surface area (Å²) in [5.41, 5.74) is 1.34. The van der Waals surface area contributed by atoms with Crippen molar-refractivity contribution >= 4 is 38.9 Å². The fourth-order valence-electron chi connectivity index (χ4n) is 2.98. The van der Waals surface area contributed by atoms with Gasteiger partial charge >= 0.3 is 0 Å². The van der Waals surface area contributed by atoms with Crippen LogP contribution in [0.4, 0.5) is 17.1 Å². The highest BCUT2D eigenvalue weighted by atomic mass is 32.2.